The molecule has 0 saturated heterocycles. The highest BCUT2D eigenvalue weighted by molar-refractivity contribution is 5.94. The number of carbonyl (C=O) groups is 1. The van der Waals surface area contributed by atoms with Crippen molar-refractivity contribution >= 4 is 5.91 Å². The molecule has 6 nitrogen and oxygen atoms in total. The van der Waals surface area contributed by atoms with Crippen LogP contribution < -0.4 is 15.6 Å². The molecule has 0 spiro atoms. The number of hydrogen-bond acceptors (Lipinski definition) is 4. The van der Waals surface area contributed by atoms with Crippen molar-refractivity contribution in [2.24, 2.45) is 0 Å². The predicted octanol–water partition coefficient (Wildman–Crippen LogP) is 4.02. The average molecular weight is 425 g/mol. The maximum atomic E-state index is 12.4. The van der Waals surface area contributed by atoms with Gasteiger partial charge in [-0.3, -0.25) is 14.2 Å². The molecular formula is C26H23N3O3. The Hall–Kier alpha value is -4.19. The number of nitrogens with zero attached hydrogens (tertiary/aromatic N) is 2. The molecular weight excluding hydrogens is 402 g/mol. The third-order valence-electron chi connectivity index (χ3n) is 5.16. The van der Waals surface area contributed by atoms with Gasteiger partial charge in [0.1, 0.15) is 5.75 Å². The lowest BCUT2D eigenvalue weighted by molar-refractivity contribution is 0.0952. The van der Waals surface area contributed by atoms with Crippen LogP contribution in [0.5, 0.6) is 5.75 Å². The van der Waals surface area contributed by atoms with Crippen molar-refractivity contribution in [1.29, 1.82) is 0 Å². The summed E-state index contributed by atoms with van der Waals surface area (Å²) < 4.78 is 6.63. The summed E-state index contributed by atoms with van der Waals surface area (Å²) in [6, 6.07) is 26.3. The van der Waals surface area contributed by atoms with Gasteiger partial charge in [0.05, 0.1) is 19.1 Å². The highest BCUT2D eigenvalue weighted by Gasteiger charge is 2.07. The Balaban J connectivity index is 1.34. The zero-order chi connectivity index (χ0) is 22.3. The molecule has 0 radical (unpaired) electrons. The minimum absolute atomic E-state index is 0.174. The number of ether oxygens (including phenoxy) is 1. The van der Waals surface area contributed by atoms with Gasteiger partial charge in [-0.2, -0.15) is 0 Å². The molecule has 0 bridgehead atoms. The molecule has 0 aliphatic carbocycles. The van der Waals surface area contributed by atoms with E-state index >= 15 is 0 Å². The van der Waals surface area contributed by atoms with Crippen LogP contribution in [0, 0.1) is 0 Å². The van der Waals surface area contributed by atoms with Crippen LogP contribution >= 0.6 is 0 Å². The van der Waals surface area contributed by atoms with Gasteiger partial charge in [-0.15, -0.1) is 0 Å². The Labute approximate surface area is 186 Å². The molecule has 0 saturated carbocycles. The summed E-state index contributed by atoms with van der Waals surface area (Å²) in [7, 11) is 1.60. The maximum Gasteiger partial charge on any atom is 0.253 e. The van der Waals surface area contributed by atoms with Crippen LogP contribution in [0.3, 0.4) is 0 Å². The van der Waals surface area contributed by atoms with E-state index in [1.807, 2.05) is 66.7 Å². The number of amides is 1. The highest BCUT2D eigenvalue weighted by atomic mass is 16.5. The average Bonchev–Trinajstić information content (AvgIpc) is 2.85. The van der Waals surface area contributed by atoms with Crippen LogP contribution in [0.15, 0.2) is 96.1 Å². The summed E-state index contributed by atoms with van der Waals surface area (Å²) >= 11 is 0. The second-order valence-electron chi connectivity index (χ2n) is 7.23. The molecule has 32 heavy (non-hydrogen) atoms. The largest absolute Gasteiger partial charge is 0.497 e. The van der Waals surface area contributed by atoms with Crippen molar-refractivity contribution < 1.29 is 9.53 Å². The van der Waals surface area contributed by atoms with Gasteiger partial charge in [0.15, 0.2) is 0 Å². The summed E-state index contributed by atoms with van der Waals surface area (Å²) in [6.45, 7) is 0.658. The molecule has 1 heterocycles. The molecule has 3 aromatic carbocycles. The SMILES string of the molecule is COc1ccc(-c2cc(=O)n(CCNC(=O)c3ccc(-c4ccccc4)cc3)cn2)cc1. The Kier molecular flexibility index (Phi) is 6.41. The Morgan fingerprint density at radius 2 is 1.56 bits per heavy atom. The van der Waals surface area contributed by atoms with E-state index in [1.54, 1.807) is 19.2 Å². The first kappa shape index (κ1) is 21.1. The molecule has 0 aliphatic heterocycles. The van der Waals surface area contributed by atoms with Crippen LogP contribution in [0.2, 0.25) is 0 Å². The quantitative estimate of drug-likeness (QED) is 0.485. The second kappa shape index (κ2) is 9.75. The van der Waals surface area contributed by atoms with E-state index in [2.05, 4.69) is 10.3 Å². The molecule has 0 atom stereocenters. The Bertz CT molecular complexity index is 1250. The normalized spacial score (nSPS) is 10.5. The molecule has 0 unspecified atom stereocenters. The summed E-state index contributed by atoms with van der Waals surface area (Å²) in [5.74, 6) is 0.563. The van der Waals surface area contributed by atoms with Gasteiger partial charge < -0.3 is 10.1 Å². The van der Waals surface area contributed by atoms with Crippen LogP contribution in [-0.2, 0) is 6.54 Å². The lowest BCUT2D eigenvalue weighted by Crippen LogP contribution is -2.30. The van der Waals surface area contributed by atoms with Gasteiger partial charge >= 0.3 is 0 Å². The third-order valence-corrected chi connectivity index (χ3v) is 5.16. The fourth-order valence-corrected chi connectivity index (χ4v) is 3.35. The highest BCUT2D eigenvalue weighted by Crippen LogP contribution is 2.20. The summed E-state index contributed by atoms with van der Waals surface area (Å²) in [5, 5.41) is 2.85. The predicted molar refractivity (Wildman–Crippen MR) is 125 cm³/mol. The Morgan fingerprint density at radius 1 is 0.906 bits per heavy atom. The molecule has 1 amide bonds. The number of methoxy groups -OCH3 is 1. The maximum absolute atomic E-state index is 12.4. The number of hydrogen-bond donors (Lipinski definition) is 1. The van der Waals surface area contributed by atoms with Gasteiger partial charge in [-0.05, 0) is 47.5 Å². The summed E-state index contributed by atoms with van der Waals surface area (Å²) in [5.41, 5.74) is 3.98. The fraction of sp³-hybridized carbons (Fsp3) is 0.115. The van der Waals surface area contributed by atoms with E-state index in [0.29, 0.717) is 24.3 Å². The van der Waals surface area contributed by atoms with Crippen molar-refractivity contribution in [3.8, 4) is 28.1 Å². The number of benzene rings is 3. The van der Waals surface area contributed by atoms with Gasteiger partial charge in [-0.25, -0.2) is 4.98 Å². The zero-order valence-electron chi connectivity index (χ0n) is 17.7. The summed E-state index contributed by atoms with van der Waals surface area (Å²) in [6.07, 6.45) is 1.50. The van der Waals surface area contributed by atoms with Gasteiger partial charge in [-0.1, -0.05) is 42.5 Å². The first-order chi connectivity index (χ1) is 15.6. The molecule has 0 aliphatic rings. The molecule has 4 aromatic rings. The molecule has 4 rings (SSSR count). The molecule has 1 N–H and O–H groups in total. The van der Waals surface area contributed by atoms with Crippen molar-refractivity contribution in [3.63, 3.8) is 0 Å². The van der Waals surface area contributed by atoms with Gasteiger partial charge in [0.25, 0.3) is 11.5 Å². The minimum Gasteiger partial charge on any atom is -0.497 e. The van der Waals surface area contributed by atoms with E-state index in [9.17, 15) is 9.59 Å². The van der Waals surface area contributed by atoms with Crippen molar-refractivity contribution in [2.45, 2.75) is 6.54 Å². The lowest BCUT2D eigenvalue weighted by atomic mass is 10.0. The third kappa shape index (κ3) is 4.92. The van der Waals surface area contributed by atoms with Crippen molar-refractivity contribution in [3.05, 3.63) is 107 Å². The number of nitrogens with one attached hydrogen (secondary N) is 1. The van der Waals surface area contributed by atoms with Crippen LogP contribution in [-0.4, -0.2) is 29.1 Å². The monoisotopic (exact) mass is 425 g/mol. The number of rotatable bonds is 7. The fourth-order valence-electron chi connectivity index (χ4n) is 3.35. The van der Waals surface area contributed by atoms with Crippen LogP contribution in [0.1, 0.15) is 10.4 Å². The lowest BCUT2D eigenvalue weighted by Gasteiger charge is -2.09. The second-order valence-corrected chi connectivity index (χ2v) is 7.23. The number of aromatic nitrogens is 2. The van der Waals surface area contributed by atoms with Crippen LogP contribution in [0.4, 0.5) is 0 Å². The zero-order valence-corrected chi connectivity index (χ0v) is 17.7. The van der Waals surface area contributed by atoms with Crippen molar-refractivity contribution in [2.75, 3.05) is 13.7 Å². The summed E-state index contributed by atoms with van der Waals surface area (Å²) in [4.78, 5) is 29.2. The molecule has 6 heteroatoms. The van der Waals surface area contributed by atoms with E-state index in [0.717, 1.165) is 22.4 Å². The first-order valence-electron chi connectivity index (χ1n) is 10.3. The number of carbonyl (C=O) groups excluding carboxylic acids is 1. The van der Waals surface area contributed by atoms with Gasteiger partial charge in [0.2, 0.25) is 0 Å². The first-order valence-corrected chi connectivity index (χ1v) is 10.3. The molecule has 0 fully saturated rings. The van der Waals surface area contributed by atoms with E-state index in [-0.39, 0.29) is 11.5 Å². The standard InChI is InChI=1S/C26H23N3O3/c1-32-23-13-11-21(12-14-23)24-17-25(30)29(18-28-24)16-15-27-26(31)22-9-7-20(8-10-22)19-5-3-2-4-6-19/h2-14,17-18H,15-16H2,1H3,(H,27,31). The van der Waals surface area contributed by atoms with Gasteiger partial charge in [0, 0.05) is 30.3 Å². The van der Waals surface area contributed by atoms with E-state index in [4.69, 9.17) is 4.74 Å². The molecule has 1 aromatic heterocycles. The smallest absolute Gasteiger partial charge is 0.253 e. The van der Waals surface area contributed by atoms with E-state index < -0.39 is 0 Å². The topological polar surface area (TPSA) is 73.2 Å². The minimum atomic E-state index is -0.180. The van der Waals surface area contributed by atoms with E-state index in [1.165, 1.54) is 17.0 Å². The van der Waals surface area contributed by atoms with Crippen LogP contribution in [0.25, 0.3) is 22.4 Å². The van der Waals surface area contributed by atoms with Crippen molar-refractivity contribution in [1.82, 2.24) is 14.9 Å². The molecule has 160 valence electrons. The Morgan fingerprint density at radius 3 is 2.22 bits per heavy atom.